The summed E-state index contributed by atoms with van der Waals surface area (Å²) in [5, 5.41) is 0.266. The van der Waals surface area contributed by atoms with Crippen LogP contribution in [-0.2, 0) is 11.3 Å². The fraction of sp³-hybridized carbons (Fsp3) is 0.400. The second kappa shape index (κ2) is 11.8. The minimum atomic E-state index is -4.69. The van der Waals surface area contributed by atoms with Crippen LogP contribution in [-0.4, -0.2) is 39.0 Å². The maximum Gasteiger partial charge on any atom is 0.402 e. The van der Waals surface area contributed by atoms with Gasteiger partial charge in [0.05, 0.1) is 5.02 Å². The number of hydrogen-bond acceptors (Lipinski definition) is 4. The van der Waals surface area contributed by atoms with Crippen molar-refractivity contribution in [2.24, 2.45) is 11.3 Å². The molecule has 40 heavy (non-hydrogen) atoms. The van der Waals surface area contributed by atoms with Crippen LogP contribution >= 0.6 is 11.6 Å². The number of hydrogen-bond donors (Lipinski definition) is 1. The van der Waals surface area contributed by atoms with E-state index in [1.807, 2.05) is 12.1 Å². The molecule has 210 valence electrons. The van der Waals surface area contributed by atoms with Crippen LogP contribution in [0.15, 0.2) is 47.3 Å². The van der Waals surface area contributed by atoms with Gasteiger partial charge in [0.25, 0.3) is 0 Å². The Balaban J connectivity index is 1.57. The number of aromatic nitrogens is 3. The normalized spacial score (nSPS) is 14.4. The number of halogens is 4. The van der Waals surface area contributed by atoms with Crippen LogP contribution < -0.4 is 5.69 Å². The largest absolute Gasteiger partial charge is 0.402 e. The van der Waals surface area contributed by atoms with Crippen LogP contribution in [0.5, 0.6) is 0 Å². The van der Waals surface area contributed by atoms with E-state index in [1.54, 1.807) is 30.3 Å². The van der Waals surface area contributed by atoms with Crippen LogP contribution in [0.4, 0.5) is 13.2 Å². The molecule has 0 unspecified atom stereocenters. The van der Waals surface area contributed by atoms with Crippen molar-refractivity contribution in [3.05, 3.63) is 69.1 Å². The van der Waals surface area contributed by atoms with Crippen molar-refractivity contribution in [3.63, 3.8) is 0 Å². The van der Waals surface area contributed by atoms with Crippen LogP contribution in [0.25, 0.3) is 22.8 Å². The zero-order chi connectivity index (χ0) is 29.1. The summed E-state index contributed by atoms with van der Waals surface area (Å²) in [6, 6.07) is 12.0. The zero-order valence-electron chi connectivity index (χ0n) is 22.5. The molecule has 0 spiro atoms. The lowest BCUT2D eigenvalue weighted by atomic mass is 9.89. The Morgan fingerprint density at radius 2 is 1.75 bits per heavy atom. The lowest BCUT2D eigenvalue weighted by Crippen LogP contribution is -2.47. The highest BCUT2D eigenvalue weighted by molar-refractivity contribution is 6.33. The van der Waals surface area contributed by atoms with Gasteiger partial charge in [0.1, 0.15) is 11.2 Å². The van der Waals surface area contributed by atoms with Crippen LogP contribution in [0.1, 0.15) is 57.1 Å². The molecular formula is C30H30ClF3N4O2. The highest BCUT2D eigenvalue weighted by Crippen LogP contribution is 2.39. The summed E-state index contributed by atoms with van der Waals surface area (Å²) in [4.78, 5) is 37.0. The van der Waals surface area contributed by atoms with Gasteiger partial charge in [-0.05, 0) is 68.7 Å². The Morgan fingerprint density at radius 3 is 2.40 bits per heavy atom. The molecule has 1 aliphatic carbocycles. The van der Waals surface area contributed by atoms with Crippen molar-refractivity contribution in [1.82, 2.24) is 19.9 Å². The van der Waals surface area contributed by atoms with Gasteiger partial charge in [-0.3, -0.25) is 9.78 Å². The third kappa shape index (κ3) is 6.73. The molecule has 10 heteroatoms. The number of nitrogens with one attached hydrogen (secondary N) is 1. The van der Waals surface area contributed by atoms with Gasteiger partial charge in [-0.2, -0.15) is 18.2 Å². The summed E-state index contributed by atoms with van der Waals surface area (Å²) in [6.07, 6.45) is 1.29. The van der Waals surface area contributed by atoms with E-state index in [0.29, 0.717) is 22.6 Å². The van der Waals surface area contributed by atoms with Gasteiger partial charge in [0.15, 0.2) is 5.82 Å². The number of nitrogens with zero attached hydrogens (tertiary/aromatic N) is 3. The van der Waals surface area contributed by atoms with Crippen LogP contribution in [0, 0.1) is 23.2 Å². The first-order chi connectivity index (χ1) is 18.8. The van der Waals surface area contributed by atoms with Gasteiger partial charge in [-0.15, -0.1) is 0 Å². The van der Waals surface area contributed by atoms with E-state index in [-0.39, 0.29) is 23.2 Å². The highest BCUT2D eigenvalue weighted by atomic mass is 35.5. The quantitative estimate of drug-likeness (QED) is 0.349. The minimum Gasteiger partial charge on any atom is -0.341 e. The Bertz CT molecular complexity index is 1500. The molecule has 6 nitrogen and oxygen atoms in total. The van der Waals surface area contributed by atoms with E-state index in [1.165, 1.54) is 26.3 Å². The smallest absolute Gasteiger partial charge is 0.341 e. The van der Waals surface area contributed by atoms with E-state index in [2.05, 4.69) is 26.8 Å². The molecule has 0 saturated heterocycles. The Kier molecular flexibility index (Phi) is 8.69. The molecule has 1 saturated carbocycles. The molecule has 1 amide bonds. The van der Waals surface area contributed by atoms with E-state index < -0.39 is 23.2 Å². The van der Waals surface area contributed by atoms with Gasteiger partial charge < -0.3 is 4.90 Å². The summed E-state index contributed by atoms with van der Waals surface area (Å²) in [5.74, 6) is 6.28. The second-order valence-corrected chi connectivity index (χ2v) is 11.0. The van der Waals surface area contributed by atoms with Gasteiger partial charge in [-0.1, -0.05) is 48.8 Å². The highest BCUT2D eigenvalue weighted by Gasteiger charge is 2.53. The molecule has 1 aliphatic rings. The third-order valence-electron chi connectivity index (χ3n) is 7.12. The lowest BCUT2D eigenvalue weighted by Gasteiger charge is -2.31. The summed E-state index contributed by atoms with van der Waals surface area (Å²) in [7, 11) is 1.30. The molecule has 0 atom stereocenters. The Hall–Kier alpha value is -3.64. The molecule has 2 aromatic carbocycles. The number of carbonyl (C=O) groups excluding carboxylic acids is 1. The average molecular weight is 571 g/mol. The van der Waals surface area contributed by atoms with Crippen molar-refractivity contribution >= 4 is 17.5 Å². The topological polar surface area (TPSA) is 79.0 Å². The molecule has 0 aliphatic heterocycles. The van der Waals surface area contributed by atoms with Gasteiger partial charge >= 0.3 is 11.9 Å². The van der Waals surface area contributed by atoms with Crippen molar-refractivity contribution < 1.29 is 18.0 Å². The fourth-order valence-electron chi connectivity index (χ4n) is 4.57. The number of alkyl halides is 3. The van der Waals surface area contributed by atoms with E-state index >= 15 is 0 Å². The summed E-state index contributed by atoms with van der Waals surface area (Å²) in [5.41, 5.74) is -0.839. The first-order valence-electron chi connectivity index (χ1n) is 13.1. The van der Waals surface area contributed by atoms with E-state index in [4.69, 9.17) is 11.6 Å². The van der Waals surface area contributed by atoms with E-state index in [0.717, 1.165) is 37.2 Å². The lowest BCUT2D eigenvalue weighted by molar-refractivity contribution is -0.216. The molecule has 1 aromatic heterocycles. The predicted octanol–water partition coefficient (Wildman–Crippen LogP) is 6.63. The maximum absolute atomic E-state index is 13.4. The monoisotopic (exact) mass is 570 g/mol. The number of H-pyrrole nitrogens is 1. The molecule has 1 heterocycles. The number of rotatable bonds is 5. The Labute approximate surface area is 236 Å². The van der Waals surface area contributed by atoms with Crippen molar-refractivity contribution in [1.29, 1.82) is 0 Å². The first kappa shape index (κ1) is 29.3. The first-order valence-corrected chi connectivity index (χ1v) is 13.4. The SMILES string of the molecule is CN(Cc1ccc(Cl)c(-c2nc(-c3ccc(C#CC4CCCCC4)cc3)nc(=O)[nH]2)c1)C(=O)C(C)(C)C(F)(F)F. The summed E-state index contributed by atoms with van der Waals surface area (Å²) < 4.78 is 40.1. The van der Waals surface area contributed by atoms with Gasteiger partial charge in [0, 0.05) is 36.2 Å². The molecule has 1 fully saturated rings. The zero-order valence-corrected chi connectivity index (χ0v) is 23.3. The third-order valence-corrected chi connectivity index (χ3v) is 7.44. The second-order valence-electron chi connectivity index (χ2n) is 10.6. The van der Waals surface area contributed by atoms with Crippen molar-refractivity contribution in [2.75, 3.05) is 7.05 Å². The molecule has 0 radical (unpaired) electrons. The number of aromatic amines is 1. The van der Waals surface area contributed by atoms with Crippen LogP contribution in [0.2, 0.25) is 5.02 Å². The summed E-state index contributed by atoms with van der Waals surface area (Å²) in [6.45, 7) is 1.60. The summed E-state index contributed by atoms with van der Waals surface area (Å²) >= 11 is 6.41. The molecule has 1 N–H and O–H groups in total. The maximum atomic E-state index is 13.4. The molecule has 0 bridgehead atoms. The number of benzene rings is 2. The van der Waals surface area contributed by atoms with Crippen LogP contribution in [0.3, 0.4) is 0 Å². The predicted molar refractivity (Wildman–Crippen MR) is 148 cm³/mol. The standard InChI is InChI=1S/C30H30ClF3N4O2/c1-29(2,30(32,33)34)27(39)38(3)18-21-13-16-24(31)23(17-21)26-35-25(36-28(40)37-26)22-14-11-20(12-15-22)10-9-19-7-5-4-6-8-19/h11-17,19H,4-8,18H2,1-3H3,(H,35,36,37,40). The van der Waals surface area contributed by atoms with Gasteiger partial charge in [-0.25, -0.2) is 9.78 Å². The minimum absolute atomic E-state index is 0.103. The van der Waals surface area contributed by atoms with Crippen molar-refractivity contribution in [3.8, 4) is 34.6 Å². The fourth-order valence-corrected chi connectivity index (χ4v) is 4.78. The Morgan fingerprint density at radius 1 is 1.07 bits per heavy atom. The molecular weight excluding hydrogens is 541 g/mol. The van der Waals surface area contributed by atoms with Gasteiger partial charge in [0.2, 0.25) is 5.91 Å². The number of amides is 1. The van der Waals surface area contributed by atoms with Crippen molar-refractivity contribution in [2.45, 2.75) is 58.7 Å². The molecule has 3 aromatic rings. The number of carbonyl (C=O) groups is 1. The van der Waals surface area contributed by atoms with E-state index in [9.17, 15) is 22.8 Å². The average Bonchev–Trinajstić information content (AvgIpc) is 2.92. The molecule has 4 rings (SSSR count).